The highest BCUT2D eigenvalue weighted by atomic mass is 16.5. The van der Waals surface area contributed by atoms with Crippen molar-refractivity contribution in [3.8, 4) is 5.75 Å². The Labute approximate surface area is 164 Å². The van der Waals surface area contributed by atoms with E-state index >= 15 is 0 Å². The van der Waals surface area contributed by atoms with Gasteiger partial charge in [0.05, 0.1) is 30.1 Å². The van der Waals surface area contributed by atoms with Gasteiger partial charge in [0.15, 0.2) is 0 Å². The van der Waals surface area contributed by atoms with Crippen molar-refractivity contribution in [1.29, 1.82) is 0 Å². The number of rotatable bonds is 6. The fourth-order valence-corrected chi connectivity index (χ4v) is 3.67. The lowest BCUT2D eigenvalue weighted by atomic mass is 10.2. The van der Waals surface area contributed by atoms with Crippen LogP contribution in [0.3, 0.4) is 0 Å². The number of anilines is 1. The minimum atomic E-state index is -0.0567. The van der Waals surface area contributed by atoms with Gasteiger partial charge in [-0.15, -0.1) is 0 Å². The Kier molecular flexibility index (Phi) is 5.43. The number of pyridine rings is 1. The van der Waals surface area contributed by atoms with E-state index in [0.717, 1.165) is 49.7 Å². The number of para-hydroxylation sites is 2. The number of amides is 1. The van der Waals surface area contributed by atoms with Gasteiger partial charge in [-0.1, -0.05) is 12.1 Å². The molecule has 0 saturated carbocycles. The van der Waals surface area contributed by atoms with Crippen LogP contribution in [0.1, 0.15) is 10.4 Å². The van der Waals surface area contributed by atoms with E-state index in [4.69, 9.17) is 4.74 Å². The zero-order valence-corrected chi connectivity index (χ0v) is 16.0. The molecule has 3 aromatic rings. The van der Waals surface area contributed by atoms with E-state index in [1.807, 2.05) is 42.6 Å². The standard InChI is InChI=1S/C21H25N5O2/c1-28-20-7-3-2-6-19(20)25-15-13-24(14-16-25)12-10-22-21(27)17-5-4-11-26-18(17)8-9-23-26/h2-9,11H,10,12-16H2,1H3,(H,22,27). The first kappa shape index (κ1) is 18.3. The molecule has 28 heavy (non-hydrogen) atoms. The molecule has 1 aromatic carbocycles. The summed E-state index contributed by atoms with van der Waals surface area (Å²) < 4.78 is 7.19. The molecule has 0 radical (unpaired) electrons. The highest BCUT2D eigenvalue weighted by Crippen LogP contribution is 2.28. The summed E-state index contributed by atoms with van der Waals surface area (Å²) >= 11 is 0. The Morgan fingerprint density at radius 2 is 1.93 bits per heavy atom. The first-order valence-electron chi connectivity index (χ1n) is 9.57. The number of nitrogens with one attached hydrogen (secondary N) is 1. The summed E-state index contributed by atoms with van der Waals surface area (Å²) in [5.74, 6) is 0.857. The first-order valence-corrected chi connectivity index (χ1v) is 9.57. The quantitative estimate of drug-likeness (QED) is 0.709. The zero-order valence-electron chi connectivity index (χ0n) is 16.0. The number of carbonyl (C=O) groups excluding carboxylic acids is 1. The van der Waals surface area contributed by atoms with Crippen LogP contribution < -0.4 is 15.0 Å². The average Bonchev–Trinajstić information content (AvgIpc) is 3.23. The van der Waals surface area contributed by atoms with Crippen molar-refractivity contribution in [2.24, 2.45) is 0 Å². The molecule has 2 aromatic heterocycles. The summed E-state index contributed by atoms with van der Waals surface area (Å²) in [7, 11) is 1.71. The van der Waals surface area contributed by atoms with Crippen molar-refractivity contribution in [3.63, 3.8) is 0 Å². The summed E-state index contributed by atoms with van der Waals surface area (Å²) in [6.07, 6.45) is 3.54. The SMILES string of the molecule is COc1ccccc1N1CCN(CCNC(=O)c2cccn3nccc23)CC1. The molecule has 1 amide bonds. The predicted molar refractivity (Wildman–Crippen MR) is 109 cm³/mol. The number of piperazine rings is 1. The van der Waals surface area contributed by atoms with E-state index in [9.17, 15) is 4.79 Å². The van der Waals surface area contributed by atoms with Gasteiger partial charge in [0, 0.05) is 45.5 Å². The van der Waals surface area contributed by atoms with Crippen LogP contribution in [0.2, 0.25) is 0 Å². The number of carbonyl (C=O) groups is 1. The molecule has 1 saturated heterocycles. The molecule has 1 aliphatic rings. The normalized spacial score (nSPS) is 15.0. The number of ether oxygens (including phenoxy) is 1. The summed E-state index contributed by atoms with van der Waals surface area (Å²) in [4.78, 5) is 17.2. The molecule has 146 valence electrons. The number of aromatic nitrogens is 2. The molecule has 7 nitrogen and oxygen atoms in total. The van der Waals surface area contributed by atoms with Crippen molar-refractivity contribution < 1.29 is 9.53 Å². The van der Waals surface area contributed by atoms with Gasteiger partial charge in [-0.05, 0) is 30.3 Å². The summed E-state index contributed by atoms with van der Waals surface area (Å²) in [6.45, 7) is 5.29. The van der Waals surface area contributed by atoms with E-state index in [0.29, 0.717) is 12.1 Å². The Morgan fingerprint density at radius 1 is 1.11 bits per heavy atom. The van der Waals surface area contributed by atoms with Gasteiger partial charge in [-0.25, -0.2) is 4.52 Å². The molecule has 0 aliphatic carbocycles. The summed E-state index contributed by atoms with van der Waals surface area (Å²) in [5, 5.41) is 7.21. The van der Waals surface area contributed by atoms with E-state index in [1.54, 1.807) is 17.8 Å². The second-order valence-electron chi connectivity index (χ2n) is 6.84. The third-order valence-corrected chi connectivity index (χ3v) is 5.19. The second kappa shape index (κ2) is 8.31. The molecule has 1 aliphatic heterocycles. The molecule has 3 heterocycles. The van der Waals surface area contributed by atoms with Crippen molar-refractivity contribution in [1.82, 2.24) is 19.8 Å². The molecule has 4 rings (SSSR count). The Morgan fingerprint density at radius 3 is 2.75 bits per heavy atom. The fourth-order valence-electron chi connectivity index (χ4n) is 3.67. The number of fused-ring (bicyclic) bond motifs is 1. The lowest BCUT2D eigenvalue weighted by Crippen LogP contribution is -2.48. The third kappa shape index (κ3) is 3.80. The molecule has 0 unspecified atom stereocenters. The number of hydrogen-bond acceptors (Lipinski definition) is 5. The van der Waals surface area contributed by atoms with Crippen LogP contribution in [0.25, 0.3) is 5.52 Å². The van der Waals surface area contributed by atoms with E-state index < -0.39 is 0 Å². The molecular weight excluding hydrogens is 354 g/mol. The zero-order chi connectivity index (χ0) is 19.3. The molecular formula is C21H25N5O2. The summed E-state index contributed by atoms with van der Waals surface area (Å²) in [6, 6.07) is 13.7. The molecule has 1 fully saturated rings. The van der Waals surface area contributed by atoms with Gasteiger partial charge in [-0.3, -0.25) is 9.69 Å². The van der Waals surface area contributed by atoms with Gasteiger partial charge in [0.2, 0.25) is 0 Å². The number of hydrogen-bond donors (Lipinski definition) is 1. The topological polar surface area (TPSA) is 62.1 Å². The largest absolute Gasteiger partial charge is 0.495 e. The molecule has 0 atom stereocenters. The lowest BCUT2D eigenvalue weighted by molar-refractivity contribution is 0.0949. The van der Waals surface area contributed by atoms with Crippen molar-refractivity contribution >= 4 is 17.1 Å². The molecule has 0 spiro atoms. The van der Waals surface area contributed by atoms with Crippen LogP contribution in [0.15, 0.2) is 54.9 Å². The highest BCUT2D eigenvalue weighted by Gasteiger charge is 2.19. The van der Waals surface area contributed by atoms with Crippen LogP contribution in [-0.2, 0) is 0 Å². The van der Waals surface area contributed by atoms with E-state index in [-0.39, 0.29) is 5.91 Å². The Hall–Kier alpha value is -3.06. The molecule has 0 bridgehead atoms. The van der Waals surface area contributed by atoms with Crippen LogP contribution in [0, 0.1) is 0 Å². The van der Waals surface area contributed by atoms with Gasteiger partial charge < -0.3 is 15.0 Å². The van der Waals surface area contributed by atoms with Crippen LogP contribution >= 0.6 is 0 Å². The van der Waals surface area contributed by atoms with Crippen LogP contribution in [0.4, 0.5) is 5.69 Å². The maximum absolute atomic E-state index is 12.5. The number of nitrogens with zero attached hydrogens (tertiary/aromatic N) is 4. The van der Waals surface area contributed by atoms with Gasteiger partial charge in [0.1, 0.15) is 5.75 Å². The van der Waals surface area contributed by atoms with Crippen molar-refractivity contribution in [3.05, 3.63) is 60.4 Å². The second-order valence-corrected chi connectivity index (χ2v) is 6.84. The fraction of sp³-hybridized carbons (Fsp3) is 0.333. The van der Waals surface area contributed by atoms with Gasteiger partial charge in [-0.2, -0.15) is 5.10 Å². The lowest BCUT2D eigenvalue weighted by Gasteiger charge is -2.36. The number of benzene rings is 1. The average molecular weight is 379 g/mol. The first-order chi connectivity index (χ1) is 13.8. The smallest absolute Gasteiger partial charge is 0.253 e. The van der Waals surface area contributed by atoms with E-state index in [2.05, 4.69) is 26.3 Å². The third-order valence-electron chi connectivity index (χ3n) is 5.19. The van der Waals surface area contributed by atoms with Crippen molar-refractivity contribution in [2.75, 3.05) is 51.3 Å². The Bertz CT molecular complexity index is 947. The summed E-state index contributed by atoms with van der Waals surface area (Å²) in [5.41, 5.74) is 2.62. The maximum atomic E-state index is 12.5. The molecule has 7 heteroatoms. The Balaban J connectivity index is 1.27. The van der Waals surface area contributed by atoms with Crippen LogP contribution in [-0.4, -0.2) is 66.8 Å². The molecule has 1 N–H and O–H groups in total. The van der Waals surface area contributed by atoms with Gasteiger partial charge >= 0.3 is 0 Å². The minimum Gasteiger partial charge on any atom is -0.495 e. The monoisotopic (exact) mass is 379 g/mol. The van der Waals surface area contributed by atoms with Crippen LogP contribution in [0.5, 0.6) is 5.75 Å². The predicted octanol–water partition coefficient (Wildman–Crippen LogP) is 1.89. The van der Waals surface area contributed by atoms with Crippen molar-refractivity contribution in [2.45, 2.75) is 0 Å². The highest BCUT2D eigenvalue weighted by molar-refractivity contribution is 6.00. The van der Waals surface area contributed by atoms with Gasteiger partial charge in [0.25, 0.3) is 5.91 Å². The minimum absolute atomic E-state index is 0.0567. The number of methoxy groups -OCH3 is 1. The maximum Gasteiger partial charge on any atom is 0.253 e. The van der Waals surface area contributed by atoms with E-state index in [1.165, 1.54) is 0 Å².